The predicted molar refractivity (Wildman–Crippen MR) is 125 cm³/mol. The van der Waals surface area contributed by atoms with Crippen molar-refractivity contribution in [2.24, 2.45) is 0 Å². The molecule has 33 heavy (non-hydrogen) atoms. The number of benzene rings is 2. The second-order valence-electron chi connectivity index (χ2n) is 9.45. The van der Waals surface area contributed by atoms with Crippen LogP contribution in [0.3, 0.4) is 0 Å². The molecule has 6 nitrogen and oxygen atoms in total. The summed E-state index contributed by atoms with van der Waals surface area (Å²) in [6, 6.07) is 15.4. The summed E-state index contributed by atoms with van der Waals surface area (Å²) < 4.78 is 11.1. The molecule has 3 aliphatic rings. The molecular formula is C27H32N2O4. The fourth-order valence-corrected chi connectivity index (χ4v) is 5.96. The van der Waals surface area contributed by atoms with Gasteiger partial charge in [-0.25, -0.2) is 0 Å². The number of hydrogen-bond donors (Lipinski definition) is 1. The Morgan fingerprint density at radius 3 is 2.58 bits per heavy atom. The van der Waals surface area contributed by atoms with Crippen LogP contribution >= 0.6 is 0 Å². The number of nitrogens with one attached hydrogen (secondary N) is 1. The minimum absolute atomic E-state index is 0.00925. The van der Waals surface area contributed by atoms with Gasteiger partial charge in [-0.15, -0.1) is 0 Å². The minimum Gasteiger partial charge on any atom is -0.497 e. The van der Waals surface area contributed by atoms with Gasteiger partial charge in [-0.2, -0.15) is 0 Å². The molecule has 1 N–H and O–H groups in total. The molecule has 2 atom stereocenters. The van der Waals surface area contributed by atoms with Crippen molar-refractivity contribution < 1.29 is 19.1 Å². The van der Waals surface area contributed by atoms with E-state index < -0.39 is 5.54 Å². The highest BCUT2D eigenvalue weighted by Gasteiger charge is 2.55. The van der Waals surface area contributed by atoms with Gasteiger partial charge in [-0.3, -0.25) is 9.59 Å². The van der Waals surface area contributed by atoms with Gasteiger partial charge in [0.1, 0.15) is 5.75 Å². The highest BCUT2D eigenvalue weighted by molar-refractivity contribution is 6.02. The predicted octanol–water partition coefficient (Wildman–Crippen LogP) is 4.04. The minimum atomic E-state index is -0.485. The first-order chi connectivity index (χ1) is 16.1. The summed E-state index contributed by atoms with van der Waals surface area (Å²) in [5.74, 6) is 0.445. The van der Waals surface area contributed by atoms with E-state index in [2.05, 4.69) is 5.32 Å². The molecule has 2 amide bonds. The molecule has 2 fully saturated rings. The lowest BCUT2D eigenvalue weighted by molar-refractivity contribution is -0.127. The number of hydrogen-bond acceptors (Lipinski definition) is 4. The Bertz CT molecular complexity index is 1010. The standard InChI is InChI=1S/C27H32N2O4/c1-32-20-12-10-19(11-13-20)17-28-25(30)24-22-8-2-3-9-23(22)26(31)29(18-21-7-6-16-33-21)27(24)14-4-5-15-27/h2-3,8-13,21,24H,4-7,14-18H2,1H3,(H,28,30)/t21-,24+/m0/s1. The fraction of sp³-hybridized carbons (Fsp3) is 0.481. The number of carbonyl (C=O) groups excluding carboxylic acids is 2. The average molecular weight is 449 g/mol. The maximum atomic E-state index is 13.8. The molecular weight excluding hydrogens is 416 g/mol. The molecule has 0 aromatic heterocycles. The molecule has 2 aromatic carbocycles. The Kier molecular flexibility index (Phi) is 6.11. The molecule has 5 rings (SSSR count). The largest absolute Gasteiger partial charge is 0.497 e. The van der Waals surface area contributed by atoms with Crippen molar-refractivity contribution >= 4 is 11.8 Å². The molecule has 2 heterocycles. The number of carbonyl (C=O) groups is 2. The van der Waals surface area contributed by atoms with E-state index in [-0.39, 0.29) is 23.8 Å². The van der Waals surface area contributed by atoms with E-state index in [9.17, 15) is 9.59 Å². The van der Waals surface area contributed by atoms with Crippen LogP contribution in [-0.2, 0) is 16.1 Å². The Labute approximate surface area is 195 Å². The number of ether oxygens (including phenoxy) is 2. The molecule has 0 bridgehead atoms. The molecule has 174 valence electrons. The number of nitrogens with zero attached hydrogens (tertiary/aromatic N) is 1. The van der Waals surface area contributed by atoms with Gasteiger partial charge >= 0.3 is 0 Å². The Balaban J connectivity index is 1.46. The number of rotatable bonds is 6. The zero-order chi connectivity index (χ0) is 22.8. The highest BCUT2D eigenvalue weighted by atomic mass is 16.5. The molecule has 1 saturated carbocycles. The van der Waals surface area contributed by atoms with Crippen LogP contribution in [0.25, 0.3) is 0 Å². The normalized spacial score (nSPS) is 23.5. The van der Waals surface area contributed by atoms with Gasteiger partial charge in [0.15, 0.2) is 0 Å². The Hall–Kier alpha value is -2.86. The molecule has 1 aliphatic carbocycles. The van der Waals surface area contributed by atoms with Crippen LogP contribution in [0.2, 0.25) is 0 Å². The summed E-state index contributed by atoms with van der Waals surface area (Å²) in [6.45, 7) is 1.76. The van der Waals surface area contributed by atoms with E-state index in [4.69, 9.17) is 9.47 Å². The first-order valence-corrected chi connectivity index (χ1v) is 12.1. The fourth-order valence-electron chi connectivity index (χ4n) is 5.96. The summed E-state index contributed by atoms with van der Waals surface area (Å²) in [7, 11) is 1.64. The third kappa shape index (κ3) is 4.01. The Morgan fingerprint density at radius 2 is 1.88 bits per heavy atom. The lowest BCUT2D eigenvalue weighted by Gasteiger charge is -2.50. The van der Waals surface area contributed by atoms with Crippen LogP contribution < -0.4 is 10.1 Å². The van der Waals surface area contributed by atoms with E-state index in [1.807, 2.05) is 53.4 Å². The summed E-state index contributed by atoms with van der Waals surface area (Å²) >= 11 is 0. The topological polar surface area (TPSA) is 67.9 Å². The van der Waals surface area contributed by atoms with E-state index in [1.165, 1.54) is 0 Å². The maximum Gasteiger partial charge on any atom is 0.254 e. The van der Waals surface area contributed by atoms with Crippen LogP contribution in [-0.4, -0.2) is 48.6 Å². The van der Waals surface area contributed by atoms with Gasteiger partial charge in [0.25, 0.3) is 5.91 Å². The van der Waals surface area contributed by atoms with E-state index >= 15 is 0 Å². The van der Waals surface area contributed by atoms with Gasteiger partial charge in [0, 0.05) is 25.3 Å². The Morgan fingerprint density at radius 1 is 1.12 bits per heavy atom. The lowest BCUT2D eigenvalue weighted by atomic mass is 9.71. The molecule has 0 unspecified atom stereocenters. The average Bonchev–Trinajstić information content (AvgIpc) is 3.54. The van der Waals surface area contributed by atoms with Gasteiger partial charge in [0.05, 0.1) is 24.7 Å². The molecule has 1 spiro atoms. The first-order valence-electron chi connectivity index (χ1n) is 12.1. The van der Waals surface area contributed by atoms with E-state index in [1.54, 1.807) is 7.11 Å². The lowest BCUT2D eigenvalue weighted by Crippen LogP contribution is -2.62. The van der Waals surface area contributed by atoms with Crippen molar-refractivity contribution in [3.8, 4) is 5.75 Å². The number of methoxy groups -OCH3 is 1. The zero-order valence-corrected chi connectivity index (χ0v) is 19.2. The molecule has 0 radical (unpaired) electrons. The molecule has 2 aromatic rings. The summed E-state index contributed by atoms with van der Waals surface area (Å²) in [6.07, 6.45) is 5.80. The van der Waals surface area contributed by atoms with Crippen LogP contribution in [0, 0.1) is 0 Å². The van der Waals surface area contributed by atoms with Gasteiger partial charge in [-0.05, 0) is 55.0 Å². The van der Waals surface area contributed by atoms with Gasteiger partial charge in [0.2, 0.25) is 5.91 Å². The van der Waals surface area contributed by atoms with Crippen molar-refractivity contribution in [1.29, 1.82) is 0 Å². The molecule has 6 heteroatoms. The SMILES string of the molecule is COc1ccc(CNC(=O)[C@H]2c3ccccc3C(=O)N(C[C@@H]3CCCO3)C23CCCC3)cc1. The molecule has 1 saturated heterocycles. The van der Waals surface area contributed by atoms with E-state index in [0.717, 1.165) is 62.0 Å². The second-order valence-corrected chi connectivity index (χ2v) is 9.45. The van der Waals surface area contributed by atoms with Crippen molar-refractivity contribution in [1.82, 2.24) is 10.2 Å². The number of amides is 2. The van der Waals surface area contributed by atoms with E-state index in [0.29, 0.717) is 18.7 Å². The zero-order valence-electron chi connectivity index (χ0n) is 19.2. The molecule has 2 aliphatic heterocycles. The third-order valence-corrected chi connectivity index (χ3v) is 7.59. The smallest absolute Gasteiger partial charge is 0.254 e. The van der Waals surface area contributed by atoms with Gasteiger partial charge in [-0.1, -0.05) is 43.2 Å². The van der Waals surface area contributed by atoms with Crippen molar-refractivity contribution in [2.75, 3.05) is 20.3 Å². The van der Waals surface area contributed by atoms with Crippen LogP contribution in [0.4, 0.5) is 0 Å². The maximum absolute atomic E-state index is 13.8. The van der Waals surface area contributed by atoms with Crippen molar-refractivity contribution in [3.05, 3.63) is 65.2 Å². The number of fused-ring (bicyclic) bond motifs is 1. The van der Waals surface area contributed by atoms with Gasteiger partial charge < -0.3 is 19.7 Å². The van der Waals surface area contributed by atoms with Crippen LogP contribution in [0.15, 0.2) is 48.5 Å². The van der Waals surface area contributed by atoms with Crippen LogP contribution in [0.5, 0.6) is 5.75 Å². The summed E-state index contributed by atoms with van der Waals surface area (Å²) in [5, 5.41) is 3.18. The summed E-state index contributed by atoms with van der Waals surface area (Å²) in [5.41, 5.74) is 2.04. The quantitative estimate of drug-likeness (QED) is 0.724. The second kappa shape index (κ2) is 9.18. The summed E-state index contributed by atoms with van der Waals surface area (Å²) in [4.78, 5) is 29.5. The monoisotopic (exact) mass is 448 g/mol. The van der Waals surface area contributed by atoms with Crippen molar-refractivity contribution in [3.63, 3.8) is 0 Å². The first kappa shape index (κ1) is 22.0. The van der Waals surface area contributed by atoms with Crippen molar-refractivity contribution in [2.45, 2.75) is 62.6 Å². The highest BCUT2D eigenvalue weighted by Crippen LogP contribution is 2.50. The third-order valence-electron chi connectivity index (χ3n) is 7.59. The van der Waals surface area contributed by atoms with Crippen LogP contribution in [0.1, 0.15) is 65.9 Å².